The van der Waals surface area contributed by atoms with Crippen LogP contribution in [0.2, 0.25) is 4.34 Å². The Morgan fingerprint density at radius 1 is 1.25 bits per heavy atom. The van der Waals surface area contributed by atoms with Gasteiger partial charge in [0.1, 0.15) is 5.82 Å². The maximum atomic E-state index is 14.6. The van der Waals surface area contributed by atoms with Crippen molar-refractivity contribution in [2.75, 3.05) is 5.32 Å². The number of aliphatic hydroxyl groups is 1. The number of benzene rings is 1. The van der Waals surface area contributed by atoms with Gasteiger partial charge in [-0.3, -0.25) is 23.9 Å². The summed E-state index contributed by atoms with van der Waals surface area (Å²) >= 11 is 6.96. The zero-order chi connectivity index (χ0) is 22.8. The Morgan fingerprint density at radius 3 is 2.75 bits per heavy atom. The molecule has 3 N–H and O–H groups in total. The van der Waals surface area contributed by atoms with Crippen LogP contribution in [0.5, 0.6) is 0 Å². The molecular formula is C21H18ClFN4O4S. The van der Waals surface area contributed by atoms with Crippen LogP contribution in [0.3, 0.4) is 0 Å². The Hall–Kier alpha value is -3.08. The van der Waals surface area contributed by atoms with Gasteiger partial charge in [0.25, 0.3) is 11.5 Å². The summed E-state index contributed by atoms with van der Waals surface area (Å²) in [6, 6.07) is 6.58. The number of aromatic nitrogens is 2. The highest BCUT2D eigenvalue weighted by molar-refractivity contribution is 7.18. The molecule has 1 aliphatic rings. The number of nitrogens with one attached hydrogen (secondary N) is 2. The van der Waals surface area contributed by atoms with Gasteiger partial charge >= 0.3 is 0 Å². The average molecular weight is 477 g/mol. The minimum absolute atomic E-state index is 0.0453. The SMILES string of the molecule is O=C(N[C@H]1C[C@@H](C(=O)Nc2ccc(-n3ccncc3=O)cc2F)C[C@@H]1O)c1ccc(Cl)s1. The van der Waals surface area contributed by atoms with E-state index in [1.54, 1.807) is 12.1 Å². The number of halogens is 2. The molecular weight excluding hydrogens is 459 g/mol. The second kappa shape index (κ2) is 9.19. The highest BCUT2D eigenvalue weighted by Crippen LogP contribution is 2.29. The summed E-state index contributed by atoms with van der Waals surface area (Å²) < 4.78 is 16.3. The van der Waals surface area contributed by atoms with E-state index in [4.69, 9.17) is 11.6 Å². The third-order valence-electron chi connectivity index (χ3n) is 5.23. The van der Waals surface area contributed by atoms with Gasteiger partial charge in [0.15, 0.2) is 0 Å². The summed E-state index contributed by atoms with van der Waals surface area (Å²) in [6.07, 6.45) is 3.37. The fourth-order valence-electron chi connectivity index (χ4n) is 3.61. The summed E-state index contributed by atoms with van der Waals surface area (Å²) in [6.45, 7) is 0. The Balaban J connectivity index is 1.40. The summed E-state index contributed by atoms with van der Waals surface area (Å²) in [7, 11) is 0. The number of rotatable bonds is 5. The van der Waals surface area contributed by atoms with E-state index in [1.807, 2.05) is 0 Å². The molecule has 0 aliphatic heterocycles. The number of thiophene rings is 1. The van der Waals surface area contributed by atoms with Gasteiger partial charge in [-0.05, 0) is 37.1 Å². The number of hydrogen-bond donors (Lipinski definition) is 3. The summed E-state index contributed by atoms with van der Waals surface area (Å²) in [5.41, 5.74) is -0.168. The average Bonchev–Trinajstić information content (AvgIpc) is 3.36. The molecule has 1 aliphatic carbocycles. The van der Waals surface area contributed by atoms with Crippen molar-refractivity contribution in [1.82, 2.24) is 14.9 Å². The van der Waals surface area contributed by atoms with Gasteiger partial charge in [0.2, 0.25) is 5.91 Å². The fraction of sp³-hybridized carbons (Fsp3) is 0.238. The van der Waals surface area contributed by atoms with Crippen LogP contribution in [-0.2, 0) is 4.79 Å². The second-order valence-electron chi connectivity index (χ2n) is 7.36. The molecule has 3 aromatic rings. The summed E-state index contributed by atoms with van der Waals surface area (Å²) in [4.78, 5) is 40.9. The van der Waals surface area contributed by atoms with E-state index in [0.29, 0.717) is 14.9 Å². The number of hydrogen-bond acceptors (Lipinski definition) is 6. The number of aliphatic hydroxyl groups excluding tert-OH is 1. The molecule has 166 valence electrons. The molecule has 1 fully saturated rings. The van der Waals surface area contributed by atoms with Gasteiger partial charge < -0.3 is 15.7 Å². The van der Waals surface area contributed by atoms with Crippen molar-refractivity contribution in [2.24, 2.45) is 5.92 Å². The molecule has 0 saturated heterocycles. The van der Waals surface area contributed by atoms with E-state index in [9.17, 15) is 23.9 Å². The lowest BCUT2D eigenvalue weighted by atomic mass is 10.1. The molecule has 32 heavy (non-hydrogen) atoms. The Labute approximate surface area is 190 Å². The molecule has 3 atom stereocenters. The maximum Gasteiger partial charge on any atom is 0.273 e. The van der Waals surface area contributed by atoms with Crippen LogP contribution in [0.4, 0.5) is 10.1 Å². The Kier molecular flexibility index (Phi) is 6.35. The van der Waals surface area contributed by atoms with Crippen LogP contribution in [0, 0.1) is 11.7 Å². The van der Waals surface area contributed by atoms with Crippen LogP contribution in [-0.4, -0.2) is 38.6 Å². The van der Waals surface area contributed by atoms with Gasteiger partial charge in [-0.15, -0.1) is 11.3 Å². The maximum absolute atomic E-state index is 14.6. The second-order valence-corrected chi connectivity index (χ2v) is 9.07. The fourth-order valence-corrected chi connectivity index (χ4v) is 4.56. The standard InChI is InChI=1S/C21H18ClFN4O4S/c22-18-4-3-17(32-18)21(31)26-15-7-11(8-16(15)28)20(30)25-14-2-1-12(9-13(14)23)27-6-5-24-10-19(27)29/h1-6,9-11,15-16,28H,7-8H2,(H,25,30)(H,26,31)/t11-,15+,16+/m1/s1. The number of carbonyl (C=O) groups excluding carboxylic acids is 2. The van der Waals surface area contributed by atoms with Crippen molar-refractivity contribution in [1.29, 1.82) is 0 Å². The first-order chi connectivity index (χ1) is 15.3. The highest BCUT2D eigenvalue weighted by atomic mass is 35.5. The van der Waals surface area contributed by atoms with Crippen molar-refractivity contribution in [3.8, 4) is 5.69 Å². The minimum atomic E-state index is -0.907. The Bertz CT molecular complexity index is 1230. The van der Waals surface area contributed by atoms with E-state index in [0.717, 1.165) is 23.6 Å². The molecule has 8 nitrogen and oxygen atoms in total. The molecule has 0 bridgehead atoms. The predicted molar refractivity (Wildman–Crippen MR) is 118 cm³/mol. The lowest BCUT2D eigenvalue weighted by Gasteiger charge is -2.15. The van der Waals surface area contributed by atoms with Crippen molar-refractivity contribution >= 4 is 40.4 Å². The van der Waals surface area contributed by atoms with E-state index >= 15 is 0 Å². The van der Waals surface area contributed by atoms with Crippen LogP contribution >= 0.6 is 22.9 Å². The van der Waals surface area contributed by atoms with E-state index in [2.05, 4.69) is 15.6 Å². The van der Waals surface area contributed by atoms with E-state index in [-0.39, 0.29) is 24.4 Å². The normalized spacial score (nSPS) is 20.2. The molecule has 2 aromatic heterocycles. The third kappa shape index (κ3) is 4.72. The first-order valence-corrected chi connectivity index (χ1v) is 10.9. The minimum Gasteiger partial charge on any atom is -0.391 e. The van der Waals surface area contributed by atoms with Crippen molar-refractivity contribution in [3.05, 3.63) is 74.3 Å². The molecule has 2 heterocycles. The van der Waals surface area contributed by atoms with Gasteiger partial charge in [-0.2, -0.15) is 0 Å². The molecule has 11 heteroatoms. The summed E-state index contributed by atoms with van der Waals surface area (Å²) in [5.74, 6) is -2.16. The molecule has 0 radical (unpaired) electrons. The number of nitrogens with zero attached hydrogens (tertiary/aromatic N) is 2. The molecule has 0 unspecified atom stereocenters. The van der Waals surface area contributed by atoms with Gasteiger partial charge in [-0.1, -0.05) is 11.6 Å². The van der Waals surface area contributed by atoms with E-state index in [1.165, 1.54) is 29.1 Å². The van der Waals surface area contributed by atoms with E-state index < -0.39 is 35.3 Å². The molecule has 0 spiro atoms. The zero-order valence-electron chi connectivity index (χ0n) is 16.5. The number of anilines is 1. The van der Waals surface area contributed by atoms with Crippen molar-refractivity contribution < 1.29 is 19.1 Å². The largest absolute Gasteiger partial charge is 0.391 e. The van der Waals surface area contributed by atoms with Gasteiger partial charge in [0, 0.05) is 24.4 Å². The number of carbonyl (C=O) groups is 2. The molecule has 4 rings (SSSR count). The first-order valence-electron chi connectivity index (χ1n) is 9.69. The lowest BCUT2D eigenvalue weighted by Crippen LogP contribution is -2.39. The number of amides is 2. The van der Waals surface area contributed by atoms with Gasteiger partial charge in [-0.25, -0.2) is 4.39 Å². The third-order valence-corrected chi connectivity index (χ3v) is 6.46. The highest BCUT2D eigenvalue weighted by Gasteiger charge is 2.38. The molecule has 1 saturated carbocycles. The predicted octanol–water partition coefficient (Wildman–Crippen LogP) is 2.59. The van der Waals surface area contributed by atoms with Crippen LogP contribution < -0.4 is 16.2 Å². The quantitative estimate of drug-likeness (QED) is 0.524. The van der Waals surface area contributed by atoms with Crippen LogP contribution in [0.25, 0.3) is 5.69 Å². The Morgan fingerprint density at radius 2 is 2.06 bits per heavy atom. The topological polar surface area (TPSA) is 113 Å². The van der Waals surface area contributed by atoms with Crippen molar-refractivity contribution in [3.63, 3.8) is 0 Å². The van der Waals surface area contributed by atoms with Crippen LogP contribution in [0.15, 0.2) is 53.7 Å². The monoisotopic (exact) mass is 476 g/mol. The first kappa shape index (κ1) is 22.1. The van der Waals surface area contributed by atoms with Crippen molar-refractivity contribution in [2.45, 2.75) is 25.0 Å². The lowest BCUT2D eigenvalue weighted by molar-refractivity contribution is -0.119. The molecule has 2 amide bonds. The van der Waals surface area contributed by atoms with Gasteiger partial charge in [0.05, 0.1) is 38.9 Å². The smallest absolute Gasteiger partial charge is 0.273 e. The summed E-state index contributed by atoms with van der Waals surface area (Å²) in [5, 5.41) is 15.5. The van der Waals surface area contributed by atoms with Crippen LogP contribution in [0.1, 0.15) is 22.5 Å². The molecule has 1 aromatic carbocycles. The zero-order valence-corrected chi connectivity index (χ0v) is 18.1.